The molecule has 0 atom stereocenters. The molecule has 0 saturated carbocycles. The standard InChI is InChI=1S/C14H14N2O/c1-15-13-10-6-5-9-12(13)14(17)16-11-7-3-2-4-8-11/h2-10,15H,1H3,(H,16,17). The van der Waals surface area contributed by atoms with E-state index in [1.54, 1.807) is 13.1 Å². The molecule has 0 bridgehead atoms. The second-order valence-corrected chi connectivity index (χ2v) is 3.62. The summed E-state index contributed by atoms with van der Waals surface area (Å²) in [5.74, 6) is -0.110. The zero-order valence-corrected chi connectivity index (χ0v) is 9.60. The molecule has 3 nitrogen and oxygen atoms in total. The van der Waals surface area contributed by atoms with Gasteiger partial charge in [0.25, 0.3) is 5.91 Å². The van der Waals surface area contributed by atoms with Crippen LogP contribution in [0.25, 0.3) is 0 Å². The molecule has 2 N–H and O–H groups in total. The van der Waals surface area contributed by atoms with Gasteiger partial charge < -0.3 is 10.6 Å². The van der Waals surface area contributed by atoms with Crippen molar-refractivity contribution in [1.29, 1.82) is 0 Å². The zero-order valence-electron chi connectivity index (χ0n) is 9.60. The zero-order chi connectivity index (χ0) is 12.1. The summed E-state index contributed by atoms with van der Waals surface area (Å²) in [7, 11) is 1.80. The van der Waals surface area contributed by atoms with Crippen molar-refractivity contribution in [2.45, 2.75) is 0 Å². The minimum absolute atomic E-state index is 0.110. The lowest BCUT2D eigenvalue weighted by Crippen LogP contribution is -2.13. The average Bonchev–Trinajstić information content (AvgIpc) is 2.40. The molecule has 0 unspecified atom stereocenters. The molecule has 0 aliphatic heterocycles. The van der Waals surface area contributed by atoms with Crippen LogP contribution in [0.15, 0.2) is 54.6 Å². The molecule has 17 heavy (non-hydrogen) atoms. The summed E-state index contributed by atoms with van der Waals surface area (Å²) in [4.78, 5) is 12.0. The molecule has 0 radical (unpaired) electrons. The number of rotatable bonds is 3. The van der Waals surface area contributed by atoms with Gasteiger partial charge in [0.1, 0.15) is 0 Å². The van der Waals surface area contributed by atoms with Crippen molar-refractivity contribution in [3.63, 3.8) is 0 Å². The summed E-state index contributed by atoms with van der Waals surface area (Å²) in [6.45, 7) is 0. The van der Waals surface area contributed by atoms with E-state index in [1.165, 1.54) is 0 Å². The molecular formula is C14H14N2O. The van der Waals surface area contributed by atoms with E-state index in [-0.39, 0.29) is 5.91 Å². The van der Waals surface area contributed by atoms with Gasteiger partial charge in [0.05, 0.1) is 5.56 Å². The summed E-state index contributed by atoms with van der Waals surface area (Å²) >= 11 is 0. The lowest BCUT2D eigenvalue weighted by molar-refractivity contribution is 0.102. The SMILES string of the molecule is CNc1ccccc1C(=O)Nc1ccccc1. The highest BCUT2D eigenvalue weighted by Crippen LogP contribution is 2.16. The molecule has 0 heterocycles. The number of carbonyl (C=O) groups is 1. The van der Waals surface area contributed by atoms with Crippen molar-refractivity contribution in [2.24, 2.45) is 0 Å². The maximum absolute atomic E-state index is 12.0. The predicted octanol–water partition coefficient (Wildman–Crippen LogP) is 2.98. The second kappa shape index (κ2) is 5.16. The van der Waals surface area contributed by atoms with Crippen molar-refractivity contribution in [2.75, 3.05) is 17.7 Å². The molecule has 0 spiro atoms. The van der Waals surface area contributed by atoms with Gasteiger partial charge in [-0.1, -0.05) is 30.3 Å². The van der Waals surface area contributed by atoms with Crippen molar-refractivity contribution in [3.8, 4) is 0 Å². The summed E-state index contributed by atoms with van der Waals surface area (Å²) in [6.07, 6.45) is 0. The molecule has 0 aromatic heterocycles. The van der Waals surface area contributed by atoms with E-state index >= 15 is 0 Å². The first-order chi connectivity index (χ1) is 8.31. The highest BCUT2D eigenvalue weighted by Gasteiger charge is 2.09. The third kappa shape index (κ3) is 2.64. The minimum atomic E-state index is -0.110. The number of carbonyl (C=O) groups excluding carboxylic acids is 1. The maximum atomic E-state index is 12.0. The Kier molecular flexibility index (Phi) is 3.40. The molecule has 86 valence electrons. The lowest BCUT2D eigenvalue weighted by Gasteiger charge is -2.09. The van der Waals surface area contributed by atoms with Gasteiger partial charge in [-0.05, 0) is 24.3 Å². The van der Waals surface area contributed by atoms with Gasteiger partial charge in [-0.3, -0.25) is 4.79 Å². The van der Waals surface area contributed by atoms with E-state index in [9.17, 15) is 4.79 Å². The Morgan fingerprint density at radius 2 is 1.59 bits per heavy atom. The topological polar surface area (TPSA) is 41.1 Å². The Bertz CT molecular complexity index is 509. The molecule has 3 heteroatoms. The van der Waals surface area contributed by atoms with Crippen LogP contribution in [0.3, 0.4) is 0 Å². The van der Waals surface area contributed by atoms with Gasteiger partial charge in [0.2, 0.25) is 0 Å². The number of hydrogen-bond donors (Lipinski definition) is 2. The Balaban J connectivity index is 2.20. The Hall–Kier alpha value is -2.29. The first-order valence-electron chi connectivity index (χ1n) is 5.44. The van der Waals surface area contributed by atoms with Crippen LogP contribution < -0.4 is 10.6 Å². The molecule has 0 fully saturated rings. The van der Waals surface area contributed by atoms with Crippen LogP contribution in [0.5, 0.6) is 0 Å². The van der Waals surface area contributed by atoms with Gasteiger partial charge in [0, 0.05) is 18.4 Å². The quantitative estimate of drug-likeness (QED) is 0.844. The average molecular weight is 226 g/mol. The lowest BCUT2D eigenvalue weighted by atomic mass is 10.1. The maximum Gasteiger partial charge on any atom is 0.257 e. The number of anilines is 2. The Morgan fingerprint density at radius 1 is 0.941 bits per heavy atom. The van der Waals surface area contributed by atoms with Crippen LogP contribution in [-0.4, -0.2) is 13.0 Å². The van der Waals surface area contributed by atoms with Gasteiger partial charge in [-0.25, -0.2) is 0 Å². The fourth-order valence-corrected chi connectivity index (χ4v) is 1.62. The predicted molar refractivity (Wildman–Crippen MR) is 70.4 cm³/mol. The molecule has 2 aromatic rings. The third-order valence-electron chi connectivity index (χ3n) is 2.47. The van der Waals surface area contributed by atoms with Crippen LogP contribution >= 0.6 is 0 Å². The molecular weight excluding hydrogens is 212 g/mol. The number of nitrogens with one attached hydrogen (secondary N) is 2. The number of hydrogen-bond acceptors (Lipinski definition) is 2. The minimum Gasteiger partial charge on any atom is -0.387 e. The Morgan fingerprint density at radius 3 is 2.29 bits per heavy atom. The molecule has 0 saturated heterocycles. The van der Waals surface area contributed by atoms with Gasteiger partial charge in [-0.2, -0.15) is 0 Å². The monoisotopic (exact) mass is 226 g/mol. The first-order valence-corrected chi connectivity index (χ1v) is 5.44. The molecule has 2 rings (SSSR count). The van der Waals surface area contributed by atoms with E-state index in [0.717, 1.165) is 11.4 Å². The van der Waals surface area contributed by atoms with E-state index in [2.05, 4.69) is 10.6 Å². The van der Waals surface area contributed by atoms with Gasteiger partial charge in [-0.15, -0.1) is 0 Å². The second-order valence-electron chi connectivity index (χ2n) is 3.62. The number of amides is 1. The fraction of sp³-hybridized carbons (Fsp3) is 0.0714. The van der Waals surface area contributed by atoms with E-state index in [1.807, 2.05) is 48.5 Å². The van der Waals surface area contributed by atoms with Crippen LogP contribution in [-0.2, 0) is 0 Å². The Labute approximate surface area is 100 Å². The summed E-state index contributed by atoms with van der Waals surface area (Å²) < 4.78 is 0. The van der Waals surface area contributed by atoms with Crippen LogP contribution in [0.2, 0.25) is 0 Å². The highest BCUT2D eigenvalue weighted by atomic mass is 16.1. The van der Waals surface area contributed by atoms with Crippen molar-refractivity contribution < 1.29 is 4.79 Å². The van der Waals surface area contributed by atoms with Gasteiger partial charge >= 0.3 is 0 Å². The summed E-state index contributed by atoms with van der Waals surface area (Å²) in [5.41, 5.74) is 2.25. The summed E-state index contributed by atoms with van der Waals surface area (Å²) in [6, 6.07) is 16.8. The molecule has 0 aliphatic rings. The third-order valence-corrected chi connectivity index (χ3v) is 2.47. The molecule has 2 aromatic carbocycles. The summed E-state index contributed by atoms with van der Waals surface area (Å²) in [5, 5.41) is 5.86. The van der Waals surface area contributed by atoms with Crippen LogP contribution in [0, 0.1) is 0 Å². The van der Waals surface area contributed by atoms with Crippen LogP contribution in [0.1, 0.15) is 10.4 Å². The fourth-order valence-electron chi connectivity index (χ4n) is 1.62. The number of para-hydroxylation sites is 2. The molecule has 1 amide bonds. The largest absolute Gasteiger partial charge is 0.387 e. The highest BCUT2D eigenvalue weighted by molar-refractivity contribution is 6.07. The van der Waals surface area contributed by atoms with Crippen molar-refractivity contribution >= 4 is 17.3 Å². The molecule has 0 aliphatic carbocycles. The first kappa shape index (κ1) is 11.2. The van der Waals surface area contributed by atoms with E-state index in [0.29, 0.717) is 5.56 Å². The van der Waals surface area contributed by atoms with Gasteiger partial charge in [0.15, 0.2) is 0 Å². The van der Waals surface area contributed by atoms with Crippen molar-refractivity contribution in [3.05, 3.63) is 60.2 Å². The van der Waals surface area contributed by atoms with Crippen molar-refractivity contribution in [1.82, 2.24) is 0 Å². The van der Waals surface area contributed by atoms with Crippen LogP contribution in [0.4, 0.5) is 11.4 Å². The smallest absolute Gasteiger partial charge is 0.257 e. The number of benzene rings is 2. The van der Waals surface area contributed by atoms with E-state index < -0.39 is 0 Å². The van der Waals surface area contributed by atoms with E-state index in [4.69, 9.17) is 0 Å². The normalized spacial score (nSPS) is 9.71.